The highest BCUT2D eigenvalue weighted by Gasteiger charge is 2.33. The Labute approximate surface area is 117 Å². The molecule has 2 fully saturated rings. The standard InChI is InChI=1S/C15H18O3S/c16-15(17)7-14(10-1-2-10)11-3-5-12(6-4-11)18-13-8-19-9-13/h3-6,10,13-14H,1-2,7-9H2,(H,16,17). The van der Waals surface area contributed by atoms with Crippen molar-refractivity contribution in [2.75, 3.05) is 11.5 Å². The molecule has 0 bridgehead atoms. The van der Waals surface area contributed by atoms with Gasteiger partial charge in [0.25, 0.3) is 0 Å². The lowest BCUT2D eigenvalue weighted by atomic mass is 9.91. The number of carboxylic acid groups (broad SMARTS) is 1. The number of hydrogen-bond donors (Lipinski definition) is 1. The van der Waals surface area contributed by atoms with E-state index >= 15 is 0 Å². The lowest BCUT2D eigenvalue weighted by Gasteiger charge is -2.26. The molecule has 1 atom stereocenters. The quantitative estimate of drug-likeness (QED) is 0.868. The van der Waals surface area contributed by atoms with Crippen LogP contribution >= 0.6 is 11.8 Å². The van der Waals surface area contributed by atoms with Crippen molar-refractivity contribution in [2.45, 2.75) is 31.3 Å². The molecule has 0 aromatic heterocycles. The highest BCUT2D eigenvalue weighted by molar-refractivity contribution is 8.00. The second-order valence-corrected chi connectivity index (χ2v) is 6.46. The first kappa shape index (κ1) is 12.9. The molecular formula is C15H18O3S. The zero-order valence-corrected chi connectivity index (χ0v) is 11.6. The van der Waals surface area contributed by atoms with E-state index in [-0.39, 0.29) is 12.3 Å². The van der Waals surface area contributed by atoms with E-state index in [0.717, 1.165) is 35.7 Å². The molecular weight excluding hydrogens is 260 g/mol. The van der Waals surface area contributed by atoms with Crippen LogP contribution in [-0.2, 0) is 4.79 Å². The summed E-state index contributed by atoms with van der Waals surface area (Å²) in [6.07, 6.45) is 2.92. The summed E-state index contributed by atoms with van der Waals surface area (Å²) in [7, 11) is 0. The molecule has 1 aliphatic carbocycles. The van der Waals surface area contributed by atoms with Crippen molar-refractivity contribution in [3.8, 4) is 5.75 Å². The fourth-order valence-electron chi connectivity index (χ4n) is 2.51. The molecule has 2 aliphatic rings. The number of benzene rings is 1. The molecule has 1 aromatic rings. The van der Waals surface area contributed by atoms with E-state index in [1.54, 1.807) is 0 Å². The molecule has 0 radical (unpaired) electrons. The van der Waals surface area contributed by atoms with Gasteiger partial charge in [-0.05, 0) is 42.4 Å². The minimum Gasteiger partial charge on any atom is -0.489 e. The second-order valence-electron chi connectivity index (χ2n) is 5.39. The Balaban J connectivity index is 1.67. The van der Waals surface area contributed by atoms with E-state index in [4.69, 9.17) is 9.84 Å². The van der Waals surface area contributed by atoms with E-state index in [2.05, 4.69) is 0 Å². The maximum atomic E-state index is 10.9. The van der Waals surface area contributed by atoms with Crippen molar-refractivity contribution in [3.63, 3.8) is 0 Å². The summed E-state index contributed by atoms with van der Waals surface area (Å²) in [6, 6.07) is 8.03. The minimum absolute atomic E-state index is 0.172. The molecule has 1 heterocycles. The molecule has 102 valence electrons. The van der Waals surface area contributed by atoms with E-state index in [9.17, 15) is 4.79 Å². The van der Waals surface area contributed by atoms with E-state index in [0.29, 0.717) is 12.0 Å². The maximum Gasteiger partial charge on any atom is 0.303 e. The average molecular weight is 278 g/mol. The third-order valence-corrected chi connectivity index (χ3v) is 5.02. The van der Waals surface area contributed by atoms with E-state index in [1.165, 1.54) is 0 Å². The third kappa shape index (κ3) is 3.24. The van der Waals surface area contributed by atoms with Gasteiger partial charge in [-0.3, -0.25) is 4.79 Å². The molecule has 19 heavy (non-hydrogen) atoms. The first-order valence-electron chi connectivity index (χ1n) is 6.78. The minimum atomic E-state index is -0.705. The zero-order chi connectivity index (χ0) is 13.2. The van der Waals surface area contributed by atoms with Gasteiger partial charge in [-0.25, -0.2) is 0 Å². The Morgan fingerprint density at radius 3 is 2.47 bits per heavy atom. The summed E-state index contributed by atoms with van der Waals surface area (Å²) in [5.41, 5.74) is 1.14. The largest absolute Gasteiger partial charge is 0.489 e. The van der Waals surface area contributed by atoms with Crippen LogP contribution in [0.5, 0.6) is 5.75 Å². The summed E-state index contributed by atoms with van der Waals surface area (Å²) in [4.78, 5) is 10.9. The Hall–Kier alpha value is -1.16. The maximum absolute atomic E-state index is 10.9. The van der Waals surface area contributed by atoms with Crippen LogP contribution in [0.1, 0.15) is 30.7 Å². The molecule has 0 amide bonds. The van der Waals surface area contributed by atoms with Gasteiger partial charge in [0.1, 0.15) is 11.9 Å². The number of aliphatic carboxylic acids is 1. The lowest BCUT2D eigenvalue weighted by Crippen LogP contribution is -2.30. The number of hydrogen-bond acceptors (Lipinski definition) is 3. The highest BCUT2D eigenvalue weighted by Crippen LogP contribution is 2.44. The van der Waals surface area contributed by atoms with Crippen molar-refractivity contribution >= 4 is 17.7 Å². The van der Waals surface area contributed by atoms with Crippen LogP contribution in [0.25, 0.3) is 0 Å². The summed E-state index contributed by atoms with van der Waals surface area (Å²) >= 11 is 1.90. The third-order valence-electron chi connectivity index (χ3n) is 3.80. The number of rotatable bonds is 6. The van der Waals surface area contributed by atoms with Gasteiger partial charge >= 0.3 is 5.97 Å². The Morgan fingerprint density at radius 1 is 1.32 bits per heavy atom. The van der Waals surface area contributed by atoms with Crippen molar-refractivity contribution in [2.24, 2.45) is 5.92 Å². The van der Waals surface area contributed by atoms with Gasteiger partial charge in [-0.15, -0.1) is 0 Å². The first-order valence-corrected chi connectivity index (χ1v) is 7.94. The van der Waals surface area contributed by atoms with E-state index < -0.39 is 5.97 Å². The molecule has 3 rings (SSSR count). The fraction of sp³-hybridized carbons (Fsp3) is 0.533. The van der Waals surface area contributed by atoms with Crippen molar-refractivity contribution in [3.05, 3.63) is 29.8 Å². The summed E-state index contributed by atoms with van der Waals surface area (Å²) < 4.78 is 5.81. The number of thioether (sulfide) groups is 1. The van der Waals surface area contributed by atoms with Crippen molar-refractivity contribution in [1.82, 2.24) is 0 Å². The average Bonchev–Trinajstić information content (AvgIpc) is 3.16. The summed E-state index contributed by atoms with van der Waals surface area (Å²) in [6.45, 7) is 0. The van der Waals surface area contributed by atoms with Crippen LogP contribution in [0, 0.1) is 5.92 Å². The van der Waals surface area contributed by atoms with Crippen LogP contribution in [0.3, 0.4) is 0 Å². The smallest absolute Gasteiger partial charge is 0.303 e. The van der Waals surface area contributed by atoms with Crippen LogP contribution in [-0.4, -0.2) is 28.7 Å². The SMILES string of the molecule is O=C(O)CC(c1ccc(OC2CSC2)cc1)C1CC1. The Bertz CT molecular complexity index is 449. The van der Waals surface area contributed by atoms with Gasteiger partial charge in [0.05, 0.1) is 6.42 Å². The van der Waals surface area contributed by atoms with Gasteiger partial charge in [0.2, 0.25) is 0 Å². The Morgan fingerprint density at radius 2 is 2.00 bits per heavy atom. The first-order chi connectivity index (χ1) is 9.22. The van der Waals surface area contributed by atoms with Gasteiger partial charge in [-0.2, -0.15) is 11.8 Å². The second kappa shape index (κ2) is 5.45. The van der Waals surface area contributed by atoms with Crippen molar-refractivity contribution in [1.29, 1.82) is 0 Å². The number of carbonyl (C=O) groups is 1. The summed E-state index contributed by atoms with van der Waals surface area (Å²) in [5.74, 6) is 3.08. The van der Waals surface area contributed by atoms with Gasteiger partial charge in [-0.1, -0.05) is 12.1 Å². The molecule has 1 unspecified atom stereocenters. The highest BCUT2D eigenvalue weighted by atomic mass is 32.2. The monoisotopic (exact) mass is 278 g/mol. The molecule has 1 N–H and O–H groups in total. The van der Waals surface area contributed by atoms with Gasteiger partial charge < -0.3 is 9.84 Å². The zero-order valence-electron chi connectivity index (χ0n) is 10.7. The van der Waals surface area contributed by atoms with Crippen molar-refractivity contribution < 1.29 is 14.6 Å². The van der Waals surface area contributed by atoms with Crippen LogP contribution < -0.4 is 4.74 Å². The van der Waals surface area contributed by atoms with Gasteiger partial charge in [0, 0.05) is 11.5 Å². The predicted molar refractivity (Wildman–Crippen MR) is 75.9 cm³/mol. The van der Waals surface area contributed by atoms with Crippen LogP contribution in [0.15, 0.2) is 24.3 Å². The molecule has 0 spiro atoms. The molecule has 1 saturated heterocycles. The van der Waals surface area contributed by atoms with Gasteiger partial charge in [0.15, 0.2) is 0 Å². The van der Waals surface area contributed by atoms with Crippen LogP contribution in [0.4, 0.5) is 0 Å². The fourth-order valence-corrected chi connectivity index (χ4v) is 3.08. The lowest BCUT2D eigenvalue weighted by molar-refractivity contribution is -0.137. The number of ether oxygens (including phenoxy) is 1. The Kier molecular flexibility index (Phi) is 3.69. The molecule has 1 saturated carbocycles. The molecule has 1 aromatic carbocycles. The molecule has 1 aliphatic heterocycles. The normalized spacial score (nSPS) is 20.6. The predicted octanol–water partition coefficient (Wildman–Crippen LogP) is 3.15. The van der Waals surface area contributed by atoms with Crippen LogP contribution in [0.2, 0.25) is 0 Å². The summed E-state index contributed by atoms with van der Waals surface area (Å²) in [5, 5.41) is 9.01. The van der Waals surface area contributed by atoms with E-state index in [1.807, 2.05) is 36.0 Å². The molecule has 3 nitrogen and oxygen atoms in total. The number of carboxylic acids is 1. The molecule has 4 heteroatoms. The topological polar surface area (TPSA) is 46.5 Å².